The number of carbonyl (C=O) groups excluding carboxylic acids is 2. The van der Waals surface area contributed by atoms with Crippen molar-refractivity contribution in [3.05, 3.63) is 48.6 Å². The molecule has 0 aromatic carbocycles. The molecule has 2 unspecified atom stereocenters. The van der Waals surface area contributed by atoms with Crippen LogP contribution in [-0.4, -0.2) is 47.4 Å². The van der Waals surface area contributed by atoms with E-state index in [0.717, 1.165) is 83.5 Å². The first-order chi connectivity index (χ1) is 30.0. The van der Waals surface area contributed by atoms with E-state index in [1.807, 2.05) is 6.08 Å². The van der Waals surface area contributed by atoms with Gasteiger partial charge < -0.3 is 20.3 Å². The Morgan fingerprint density at radius 2 is 0.820 bits per heavy atom. The van der Waals surface area contributed by atoms with Crippen LogP contribution >= 0.6 is 0 Å². The van der Waals surface area contributed by atoms with Gasteiger partial charge in [-0.2, -0.15) is 0 Å². The van der Waals surface area contributed by atoms with Gasteiger partial charge in [0.2, 0.25) is 5.91 Å². The number of allylic oxidation sites excluding steroid dienone is 7. The molecule has 6 heteroatoms. The van der Waals surface area contributed by atoms with Crippen molar-refractivity contribution in [3.63, 3.8) is 0 Å². The van der Waals surface area contributed by atoms with E-state index in [0.29, 0.717) is 19.4 Å². The lowest BCUT2D eigenvalue weighted by Crippen LogP contribution is -2.45. The van der Waals surface area contributed by atoms with E-state index in [9.17, 15) is 19.8 Å². The molecule has 0 fully saturated rings. The van der Waals surface area contributed by atoms with E-state index in [2.05, 4.69) is 55.6 Å². The molecule has 61 heavy (non-hydrogen) atoms. The van der Waals surface area contributed by atoms with Crippen LogP contribution in [0.4, 0.5) is 0 Å². The summed E-state index contributed by atoms with van der Waals surface area (Å²) >= 11 is 0. The topological polar surface area (TPSA) is 95.9 Å². The number of unbranched alkanes of at least 4 members (excludes halogenated alkanes) is 31. The van der Waals surface area contributed by atoms with Crippen LogP contribution in [0.2, 0.25) is 0 Å². The van der Waals surface area contributed by atoms with Gasteiger partial charge in [-0.15, -0.1) is 0 Å². The van der Waals surface area contributed by atoms with Crippen LogP contribution in [0, 0.1) is 0 Å². The van der Waals surface area contributed by atoms with E-state index in [4.69, 9.17) is 4.74 Å². The summed E-state index contributed by atoms with van der Waals surface area (Å²) in [4.78, 5) is 24.5. The summed E-state index contributed by atoms with van der Waals surface area (Å²) in [6.07, 6.45) is 62.6. The largest absolute Gasteiger partial charge is 0.466 e. The van der Waals surface area contributed by atoms with Gasteiger partial charge in [0.15, 0.2) is 0 Å². The molecule has 0 bridgehead atoms. The van der Waals surface area contributed by atoms with Crippen molar-refractivity contribution in [2.45, 2.75) is 276 Å². The predicted octanol–water partition coefficient (Wildman–Crippen LogP) is 15.8. The van der Waals surface area contributed by atoms with Crippen molar-refractivity contribution in [3.8, 4) is 0 Å². The molecule has 0 spiro atoms. The van der Waals surface area contributed by atoms with Crippen LogP contribution in [0.15, 0.2) is 48.6 Å². The van der Waals surface area contributed by atoms with Gasteiger partial charge >= 0.3 is 5.97 Å². The standard InChI is InChI=1S/C55H101NO5/c1-3-5-7-9-11-13-15-17-19-21-22-24-26-28-33-37-41-45-49-55(60)61-50-46-42-38-34-30-29-32-36-40-44-48-54(59)56-52(51-57)53(58)47-43-39-35-31-27-25-23-20-18-16-14-12-10-8-6-4-2/h13,15,19,21,30,34,43,47,52-53,57-58H,3-12,14,16-18,20,22-29,31-33,35-42,44-46,48-51H2,1-2H3,(H,56,59)/b15-13-,21-19-,34-30-,47-43+. The van der Waals surface area contributed by atoms with E-state index in [1.54, 1.807) is 6.08 Å². The summed E-state index contributed by atoms with van der Waals surface area (Å²) < 4.78 is 5.44. The van der Waals surface area contributed by atoms with Crippen LogP contribution < -0.4 is 5.32 Å². The first kappa shape index (κ1) is 58.8. The molecular formula is C55H101NO5. The first-order valence-electron chi connectivity index (χ1n) is 26.4. The summed E-state index contributed by atoms with van der Waals surface area (Å²) in [7, 11) is 0. The molecule has 0 aliphatic heterocycles. The Labute approximate surface area is 378 Å². The molecular weight excluding hydrogens is 755 g/mol. The minimum absolute atomic E-state index is 0.0464. The second kappa shape index (κ2) is 50.5. The van der Waals surface area contributed by atoms with Gasteiger partial charge in [-0.25, -0.2) is 0 Å². The molecule has 2 atom stereocenters. The highest BCUT2D eigenvalue weighted by Gasteiger charge is 2.18. The zero-order chi connectivity index (χ0) is 44.4. The number of hydrogen-bond acceptors (Lipinski definition) is 5. The summed E-state index contributed by atoms with van der Waals surface area (Å²) in [6.45, 7) is 4.79. The van der Waals surface area contributed by atoms with Gasteiger partial charge in [-0.05, 0) is 89.9 Å². The van der Waals surface area contributed by atoms with E-state index in [1.165, 1.54) is 154 Å². The van der Waals surface area contributed by atoms with E-state index >= 15 is 0 Å². The maximum atomic E-state index is 12.4. The molecule has 0 rings (SSSR count). The van der Waals surface area contributed by atoms with Crippen LogP contribution in [0.1, 0.15) is 264 Å². The maximum Gasteiger partial charge on any atom is 0.305 e. The van der Waals surface area contributed by atoms with Crippen molar-refractivity contribution in [1.82, 2.24) is 5.32 Å². The number of aliphatic hydroxyl groups is 2. The third kappa shape index (κ3) is 47.1. The molecule has 0 saturated heterocycles. The molecule has 6 nitrogen and oxygen atoms in total. The fourth-order valence-corrected chi connectivity index (χ4v) is 7.71. The minimum Gasteiger partial charge on any atom is -0.466 e. The molecule has 0 radical (unpaired) electrons. The molecule has 0 aromatic rings. The fraction of sp³-hybridized carbons (Fsp3) is 0.818. The monoisotopic (exact) mass is 856 g/mol. The second-order valence-electron chi connectivity index (χ2n) is 17.8. The van der Waals surface area contributed by atoms with Crippen LogP contribution in [-0.2, 0) is 14.3 Å². The van der Waals surface area contributed by atoms with Crippen molar-refractivity contribution >= 4 is 11.9 Å². The molecule has 0 saturated carbocycles. The summed E-state index contributed by atoms with van der Waals surface area (Å²) in [5.74, 6) is -0.151. The van der Waals surface area contributed by atoms with E-state index in [-0.39, 0.29) is 18.5 Å². The van der Waals surface area contributed by atoms with Gasteiger partial charge in [-0.1, -0.05) is 210 Å². The Balaban J connectivity index is 3.57. The number of ether oxygens (including phenoxy) is 1. The quantitative estimate of drug-likeness (QED) is 0.0322. The average Bonchev–Trinajstić information content (AvgIpc) is 3.26. The SMILES string of the molecule is CCCCCC/C=C\C/C=C\CCCCCCCCCC(=O)OCCCC/C=C\CCCCCCC(=O)NC(CO)C(O)/C=C/CCCCCCCCCCCCCCCC. The van der Waals surface area contributed by atoms with Gasteiger partial charge in [-0.3, -0.25) is 9.59 Å². The zero-order valence-corrected chi connectivity index (χ0v) is 40.4. The third-order valence-electron chi connectivity index (χ3n) is 11.8. The third-order valence-corrected chi connectivity index (χ3v) is 11.8. The highest BCUT2D eigenvalue weighted by molar-refractivity contribution is 5.76. The molecule has 0 aliphatic rings. The average molecular weight is 856 g/mol. The molecule has 356 valence electrons. The van der Waals surface area contributed by atoms with E-state index < -0.39 is 12.1 Å². The highest BCUT2D eigenvalue weighted by Crippen LogP contribution is 2.15. The Hall–Kier alpha value is -2.18. The smallest absolute Gasteiger partial charge is 0.305 e. The number of nitrogens with one attached hydrogen (secondary N) is 1. The Bertz CT molecular complexity index is 1040. The summed E-state index contributed by atoms with van der Waals surface area (Å²) in [5.41, 5.74) is 0. The molecule has 1 amide bonds. The summed E-state index contributed by atoms with van der Waals surface area (Å²) in [6, 6.07) is -0.655. The Morgan fingerprint density at radius 3 is 1.28 bits per heavy atom. The number of carbonyl (C=O) groups is 2. The molecule has 0 aliphatic carbocycles. The number of rotatable bonds is 48. The lowest BCUT2D eigenvalue weighted by molar-refractivity contribution is -0.143. The lowest BCUT2D eigenvalue weighted by Gasteiger charge is -2.20. The van der Waals surface area contributed by atoms with Crippen molar-refractivity contribution in [2.24, 2.45) is 0 Å². The van der Waals surface area contributed by atoms with Gasteiger partial charge in [0.05, 0.1) is 25.4 Å². The number of hydrogen-bond donors (Lipinski definition) is 3. The minimum atomic E-state index is -0.867. The Morgan fingerprint density at radius 1 is 0.459 bits per heavy atom. The highest BCUT2D eigenvalue weighted by atomic mass is 16.5. The summed E-state index contributed by atoms with van der Waals surface area (Å²) in [5, 5.41) is 23.0. The zero-order valence-electron chi connectivity index (χ0n) is 40.4. The van der Waals surface area contributed by atoms with Crippen molar-refractivity contribution < 1.29 is 24.5 Å². The van der Waals surface area contributed by atoms with Crippen LogP contribution in [0.3, 0.4) is 0 Å². The molecule has 3 N–H and O–H groups in total. The van der Waals surface area contributed by atoms with Crippen LogP contribution in [0.5, 0.6) is 0 Å². The van der Waals surface area contributed by atoms with Crippen molar-refractivity contribution in [1.29, 1.82) is 0 Å². The van der Waals surface area contributed by atoms with Crippen molar-refractivity contribution in [2.75, 3.05) is 13.2 Å². The second-order valence-corrected chi connectivity index (χ2v) is 17.8. The number of esters is 1. The van der Waals surface area contributed by atoms with Gasteiger partial charge in [0.25, 0.3) is 0 Å². The first-order valence-corrected chi connectivity index (χ1v) is 26.4. The van der Waals surface area contributed by atoms with Crippen LogP contribution in [0.25, 0.3) is 0 Å². The molecule has 0 heterocycles. The Kier molecular flexibility index (Phi) is 48.7. The molecule has 0 aromatic heterocycles. The number of aliphatic hydroxyl groups excluding tert-OH is 2. The maximum absolute atomic E-state index is 12.4. The van der Waals surface area contributed by atoms with Gasteiger partial charge in [0, 0.05) is 12.8 Å². The number of amides is 1. The fourth-order valence-electron chi connectivity index (χ4n) is 7.71. The predicted molar refractivity (Wildman–Crippen MR) is 264 cm³/mol. The lowest BCUT2D eigenvalue weighted by atomic mass is 10.0. The van der Waals surface area contributed by atoms with Gasteiger partial charge in [0.1, 0.15) is 0 Å². The normalized spacial score (nSPS) is 13.0.